The van der Waals surface area contributed by atoms with Crippen molar-refractivity contribution in [1.82, 2.24) is 20.0 Å². The number of hydrogen-bond acceptors (Lipinski definition) is 4. The van der Waals surface area contributed by atoms with E-state index in [2.05, 4.69) is 15.3 Å². The van der Waals surface area contributed by atoms with Gasteiger partial charge < -0.3 is 10.2 Å². The molecule has 0 unspecified atom stereocenters. The quantitative estimate of drug-likeness (QED) is 0.755. The third-order valence-electron chi connectivity index (χ3n) is 4.61. The van der Waals surface area contributed by atoms with Gasteiger partial charge in [-0.25, -0.2) is 4.68 Å². The Bertz CT molecular complexity index is 849. The lowest BCUT2D eigenvalue weighted by Gasteiger charge is -2.26. The summed E-state index contributed by atoms with van der Waals surface area (Å²) < 4.78 is 1.07. The van der Waals surface area contributed by atoms with Crippen LogP contribution in [0.4, 0.5) is 0 Å². The molecule has 0 saturated carbocycles. The summed E-state index contributed by atoms with van der Waals surface area (Å²) >= 11 is 0. The zero-order valence-corrected chi connectivity index (χ0v) is 14.3. The molecule has 2 heterocycles. The number of nitrogens with zero attached hydrogens (tertiary/aromatic N) is 2. The predicted molar refractivity (Wildman–Crippen MR) is 96.7 cm³/mol. The van der Waals surface area contributed by atoms with E-state index in [9.17, 15) is 14.4 Å². The Morgan fingerprint density at radius 2 is 1.80 bits per heavy atom. The van der Waals surface area contributed by atoms with Crippen LogP contribution in [0, 0.1) is 0 Å². The predicted octanol–water partition coefficient (Wildman–Crippen LogP) is 0.682. The smallest absolute Gasteiger partial charge is 0.273 e. The Morgan fingerprint density at radius 3 is 2.56 bits per heavy atom. The number of fused-ring (bicyclic) bond motifs is 1. The van der Waals surface area contributed by atoms with E-state index in [0.29, 0.717) is 17.3 Å². The van der Waals surface area contributed by atoms with Crippen LogP contribution < -0.4 is 16.4 Å². The molecule has 25 heavy (non-hydrogen) atoms. The molecule has 1 fully saturated rings. The third kappa shape index (κ3) is 4.36. The van der Waals surface area contributed by atoms with Crippen molar-refractivity contribution in [1.29, 1.82) is 0 Å². The molecule has 1 aromatic carbocycles. The number of rotatable bonds is 6. The van der Waals surface area contributed by atoms with Crippen LogP contribution in [0.3, 0.4) is 0 Å². The number of likely N-dealkylation sites (tertiary alicyclic amines) is 1. The number of aromatic nitrogens is 2. The molecular formula is C18H24N4O3. The van der Waals surface area contributed by atoms with E-state index in [1.165, 1.54) is 19.3 Å². The average molecular weight is 344 g/mol. The fourth-order valence-corrected chi connectivity index (χ4v) is 3.27. The Morgan fingerprint density at radius 1 is 1.08 bits per heavy atom. The first-order chi connectivity index (χ1) is 12.1. The van der Waals surface area contributed by atoms with Crippen molar-refractivity contribution in [3.8, 4) is 0 Å². The van der Waals surface area contributed by atoms with Gasteiger partial charge in [-0.1, -0.05) is 18.6 Å². The van der Waals surface area contributed by atoms with E-state index in [1.807, 2.05) is 0 Å². The molecule has 3 rings (SSSR count). The topological polar surface area (TPSA) is 87.2 Å². The average Bonchev–Trinajstić information content (AvgIpc) is 2.64. The normalized spacial score (nSPS) is 15.4. The molecule has 0 aliphatic carbocycles. The van der Waals surface area contributed by atoms with Crippen LogP contribution in [-0.4, -0.2) is 46.8 Å². The second-order valence-corrected chi connectivity index (χ2v) is 6.48. The highest BCUT2D eigenvalue weighted by Gasteiger charge is 2.11. The van der Waals surface area contributed by atoms with Gasteiger partial charge in [0.15, 0.2) is 0 Å². The van der Waals surface area contributed by atoms with Crippen LogP contribution >= 0.6 is 0 Å². The monoisotopic (exact) mass is 344 g/mol. The molecule has 0 spiro atoms. The number of nitrogens with one attached hydrogen (secondary N) is 2. The number of aromatic amines is 1. The highest BCUT2D eigenvalue weighted by Crippen LogP contribution is 2.08. The van der Waals surface area contributed by atoms with Gasteiger partial charge in [0.05, 0.1) is 10.8 Å². The Hall–Kier alpha value is -2.41. The fraction of sp³-hybridized carbons (Fsp3) is 0.500. The zero-order chi connectivity index (χ0) is 17.6. The lowest BCUT2D eigenvalue weighted by atomic mass is 10.1. The summed E-state index contributed by atoms with van der Waals surface area (Å²) in [5.74, 6) is -0.272. The summed E-state index contributed by atoms with van der Waals surface area (Å²) in [6.07, 6.45) is 4.70. The molecule has 0 radical (unpaired) electrons. The van der Waals surface area contributed by atoms with E-state index in [-0.39, 0.29) is 23.6 Å². The summed E-state index contributed by atoms with van der Waals surface area (Å²) in [5, 5.41) is 5.95. The molecule has 0 bridgehead atoms. The van der Waals surface area contributed by atoms with E-state index < -0.39 is 0 Å². The van der Waals surface area contributed by atoms with Crippen molar-refractivity contribution in [3.63, 3.8) is 0 Å². The van der Waals surface area contributed by atoms with Gasteiger partial charge >= 0.3 is 0 Å². The number of amides is 1. The van der Waals surface area contributed by atoms with Crippen molar-refractivity contribution >= 4 is 16.7 Å². The van der Waals surface area contributed by atoms with Crippen LogP contribution in [-0.2, 0) is 11.3 Å². The molecule has 1 saturated heterocycles. The summed E-state index contributed by atoms with van der Waals surface area (Å²) in [7, 11) is 0. The first kappa shape index (κ1) is 17.4. The maximum absolute atomic E-state index is 12.4. The molecule has 7 nitrogen and oxygen atoms in total. The Kier molecular flexibility index (Phi) is 5.65. The van der Waals surface area contributed by atoms with Crippen molar-refractivity contribution in [2.45, 2.75) is 32.2 Å². The lowest BCUT2D eigenvalue weighted by molar-refractivity contribution is -0.121. The van der Waals surface area contributed by atoms with Crippen molar-refractivity contribution in [2.75, 3.05) is 26.2 Å². The SMILES string of the molecule is O=C(Cn1[nH]c(=O)c2ccccc2c1=O)NCCCN1CCCCC1. The standard InChI is InChI=1S/C18H24N4O3/c23-16(19-9-6-12-21-10-4-1-5-11-21)13-22-18(25)15-8-3-2-7-14(15)17(24)20-22/h2-3,7-8H,1,4-6,9-13H2,(H,19,23)(H,20,24). The highest BCUT2D eigenvalue weighted by atomic mass is 16.2. The molecule has 1 aromatic heterocycles. The fourth-order valence-electron chi connectivity index (χ4n) is 3.27. The van der Waals surface area contributed by atoms with E-state index in [0.717, 1.165) is 30.7 Å². The van der Waals surface area contributed by atoms with E-state index >= 15 is 0 Å². The zero-order valence-electron chi connectivity index (χ0n) is 14.3. The maximum atomic E-state index is 12.4. The first-order valence-corrected chi connectivity index (χ1v) is 8.86. The largest absolute Gasteiger partial charge is 0.354 e. The number of hydrogen-bond donors (Lipinski definition) is 2. The molecule has 1 aliphatic heterocycles. The molecule has 1 amide bonds. The van der Waals surface area contributed by atoms with Gasteiger partial charge in [0.25, 0.3) is 11.1 Å². The molecular weight excluding hydrogens is 320 g/mol. The number of piperidine rings is 1. The maximum Gasteiger partial charge on any atom is 0.273 e. The van der Waals surface area contributed by atoms with Crippen molar-refractivity contribution in [2.24, 2.45) is 0 Å². The lowest BCUT2D eigenvalue weighted by Crippen LogP contribution is -2.38. The van der Waals surface area contributed by atoms with Gasteiger partial charge in [-0.3, -0.25) is 19.5 Å². The van der Waals surface area contributed by atoms with Gasteiger partial charge in [-0.2, -0.15) is 0 Å². The van der Waals surface area contributed by atoms with E-state index in [1.54, 1.807) is 24.3 Å². The summed E-state index contributed by atoms with van der Waals surface area (Å²) in [5.41, 5.74) is -0.730. The van der Waals surface area contributed by atoms with Gasteiger partial charge in [0.2, 0.25) is 5.91 Å². The van der Waals surface area contributed by atoms with Crippen LogP contribution in [0.25, 0.3) is 10.8 Å². The molecule has 1 aliphatic rings. The van der Waals surface area contributed by atoms with Gasteiger partial charge in [0.1, 0.15) is 6.54 Å². The summed E-state index contributed by atoms with van der Waals surface area (Å²) in [6, 6.07) is 6.60. The minimum atomic E-state index is -0.368. The Labute approximate surface area is 145 Å². The number of benzene rings is 1. The molecule has 7 heteroatoms. The summed E-state index contributed by atoms with van der Waals surface area (Å²) in [6.45, 7) is 3.65. The van der Waals surface area contributed by atoms with Crippen LogP contribution in [0.1, 0.15) is 25.7 Å². The van der Waals surface area contributed by atoms with E-state index in [4.69, 9.17) is 0 Å². The van der Waals surface area contributed by atoms with Crippen LogP contribution in [0.2, 0.25) is 0 Å². The van der Waals surface area contributed by atoms with Gasteiger partial charge in [0, 0.05) is 6.54 Å². The molecule has 0 atom stereocenters. The Balaban J connectivity index is 1.54. The third-order valence-corrected chi connectivity index (χ3v) is 4.61. The van der Waals surface area contributed by atoms with Crippen LogP contribution in [0.5, 0.6) is 0 Å². The minimum Gasteiger partial charge on any atom is -0.354 e. The van der Waals surface area contributed by atoms with Gasteiger partial charge in [-0.15, -0.1) is 0 Å². The molecule has 2 aromatic rings. The second-order valence-electron chi connectivity index (χ2n) is 6.48. The van der Waals surface area contributed by atoms with Gasteiger partial charge in [-0.05, 0) is 51.0 Å². The highest BCUT2D eigenvalue weighted by molar-refractivity contribution is 5.81. The first-order valence-electron chi connectivity index (χ1n) is 8.86. The minimum absolute atomic E-state index is 0.178. The second kappa shape index (κ2) is 8.11. The van der Waals surface area contributed by atoms with Crippen molar-refractivity contribution in [3.05, 3.63) is 45.0 Å². The van der Waals surface area contributed by atoms with Crippen LogP contribution in [0.15, 0.2) is 33.9 Å². The number of H-pyrrole nitrogens is 1. The molecule has 134 valence electrons. The summed E-state index contributed by atoms with van der Waals surface area (Å²) in [4.78, 5) is 38.8. The number of carbonyl (C=O) groups excluding carboxylic acids is 1. The number of carbonyl (C=O) groups is 1. The molecule has 2 N–H and O–H groups in total. The van der Waals surface area contributed by atoms with Crippen molar-refractivity contribution < 1.29 is 4.79 Å².